The van der Waals surface area contributed by atoms with Gasteiger partial charge in [-0.05, 0) is 44.5 Å². The number of carbonyl (C=O) groups excluding carboxylic acids is 2. The lowest BCUT2D eigenvalue weighted by atomic mass is 10.0. The maximum atomic E-state index is 12.7. The van der Waals surface area contributed by atoms with Crippen molar-refractivity contribution in [3.05, 3.63) is 29.8 Å². The Labute approximate surface area is 148 Å². The number of para-hydroxylation sites is 1. The number of nitrogens with zero attached hydrogens (tertiary/aromatic N) is 2. The fourth-order valence-electron chi connectivity index (χ4n) is 4.47. The minimum atomic E-state index is -0.115. The van der Waals surface area contributed by atoms with Gasteiger partial charge in [-0.25, -0.2) is 0 Å². The van der Waals surface area contributed by atoms with Crippen molar-refractivity contribution in [3.8, 4) is 0 Å². The molecular formula is C19H26N4O2. The van der Waals surface area contributed by atoms with Gasteiger partial charge in [0.15, 0.2) is 0 Å². The maximum absolute atomic E-state index is 12.7. The van der Waals surface area contributed by atoms with Crippen molar-refractivity contribution in [3.63, 3.8) is 0 Å². The number of hydrogen-bond donors (Lipinski definition) is 2. The van der Waals surface area contributed by atoms with E-state index in [9.17, 15) is 9.59 Å². The lowest BCUT2D eigenvalue weighted by Crippen LogP contribution is -2.48. The van der Waals surface area contributed by atoms with E-state index in [1.807, 2.05) is 23.1 Å². The van der Waals surface area contributed by atoms with Gasteiger partial charge in [-0.15, -0.1) is 0 Å². The van der Waals surface area contributed by atoms with Crippen molar-refractivity contribution in [2.24, 2.45) is 0 Å². The smallest absolute Gasteiger partial charge is 0.238 e. The normalized spacial score (nSPS) is 29.1. The number of hydrogen-bond acceptors (Lipinski definition) is 4. The number of likely N-dealkylation sites (N-methyl/N-ethyl adjacent to an activating group) is 1. The molecule has 2 saturated heterocycles. The Morgan fingerprint density at radius 3 is 3.04 bits per heavy atom. The fraction of sp³-hybridized carbons (Fsp3) is 0.579. The number of carbonyl (C=O) groups is 2. The van der Waals surface area contributed by atoms with E-state index in [0.717, 1.165) is 38.0 Å². The van der Waals surface area contributed by atoms with Gasteiger partial charge in [0, 0.05) is 37.3 Å². The highest BCUT2D eigenvalue weighted by Crippen LogP contribution is 2.28. The molecule has 1 aromatic rings. The van der Waals surface area contributed by atoms with Crippen LogP contribution in [0.3, 0.4) is 0 Å². The van der Waals surface area contributed by atoms with Crippen LogP contribution in [0.4, 0.5) is 5.69 Å². The van der Waals surface area contributed by atoms with Crippen LogP contribution < -0.4 is 15.5 Å². The minimum absolute atomic E-state index is 0.0941. The summed E-state index contributed by atoms with van der Waals surface area (Å²) in [6, 6.07) is 8.48. The van der Waals surface area contributed by atoms with Gasteiger partial charge >= 0.3 is 0 Å². The lowest BCUT2D eigenvalue weighted by molar-refractivity contribution is -0.123. The molecule has 25 heavy (non-hydrogen) atoms. The van der Waals surface area contributed by atoms with Crippen LogP contribution in [-0.4, -0.2) is 61.5 Å². The number of anilines is 1. The van der Waals surface area contributed by atoms with Crippen LogP contribution in [-0.2, 0) is 16.0 Å². The molecule has 4 rings (SSSR count). The zero-order valence-corrected chi connectivity index (χ0v) is 14.7. The quantitative estimate of drug-likeness (QED) is 0.840. The first-order chi connectivity index (χ1) is 12.1. The topological polar surface area (TPSA) is 64.7 Å². The molecule has 2 N–H and O–H groups in total. The van der Waals surface area contributed by atoms with E-state index in [-0.39, 0.29) is 29.9 Å². The highest BCUT2D eigenvalue weighted by atomic mass is 16.2. The summed E-state index contributed by atoms with van der Waals surface area (Å²) in [5.74, 6) is 0.284. The lowest BCUT2D eigenvalue weighted by Gasteiger charge is -2.32. The average molecular weight is 342 g/mol. The van der Waals surface area contributed by atoms with Gasteiger partial charge in [0.25, 0.3) is 0 Å². The molecule has 2 amide bonds. The van der Waals surface area contributed by atoms with E-state index in [0.29, 0.717) is 13.0 Å². The molecule has 0 radical (unpaired) electrons. The van der Waals surface area contributed by atoms with Crippen LogP contribution in [0.2, 0.25) is 0 Å². The summed E-state index contributed by atoms with van der Waals surface area (Å²) in [5.41, 5.74) is 2.32. The van der Waals surface area contributed by atoms with Crippen LogP contribution in [0.15, 0.2) is 24.3 Å². The predicted octanol–water partition coefficient (Wildman–Crippen LogP) is 0.517. The van der Waals surface area contributed by atoms with Gasteiger partial charge in [-0.2, -0.15) is 0 Å². The molecule has 0 aliphatic carbocycles. The predicted molar refractivity (Wildman–Crippen MR) is 96.5 cm³/mol. The molecule has 2 fully saturated rings. The summed E-state index contributed by atoms with van der Waals surface area (Å²) < 4.78 is 0. The van der Waals surface area contributed by atoms with Gasteiger partial charge in [-0.3, -0.25) is 14.5 Å². The van der Waals surface area contributed by atoms with Crippen molar-refractivity contribution in [1.29, 1.82) is 0 Å². The number of nitrogens with one attached hydrogen (secondary N) is 2. The molecule has 6 nitrogen and oxygen atoms in total. The van der Waals surface area contributed by atoms with E-state index in [1.165, 1.54) is 5.56 Å². The fourth-order valence-corrected chi connectivity index (χ4v) is 4.47. The van der Waals surface area contributed by atoms with Gasteiger partial charge in [0.2, 0.25) is 11.8 Å². The molecule has 3 aliphatic heterocycles. The number of benzene rings is 1. The highest BCUT2D eigenvalue weighted by molar-refractivity contribution is 5.95. The molecule has 0 saturated carbocycles. The monoisotopic (exact) mass is 342 g/mol. The van der Waals surface area contributed by atoms with Gasteiger partial charge in [0.1, 0.15) is 6.04 Å². The average Bonchev–Trinajstić information content (AvgIpc) is 3.25. The third-order valence-corrected chi connectivity index (χ3v) is 5.96. The van der Waals surface area contributed by atoms with E-state index < -0.39 is 0 Å². The molecule has 134 valence electrons. The summed E-state index contributed by atoms with van der Waals surface area (Å²) in [7, 11) is 2.09. The van der Waals surface area contributed by atoms with Crippen molar-refractivity contribution in [2.75, 3.05) is 31.6 Å². The Balaban J connectivity index is 1.39. The van der Waals surface area contributed by atoms with Crippen LogP contribution in [0.25, 0.3) is 0 Å². The van der Waals surface area contributed by atoms with Gasteiger partial charge in [0.05, 0.1) is 0 Å². The third-order valence-electron chi connectivity index (χ3n) is 5.96. The molecule has 6 heteroatoms. The molecule has 0 bridgehead atoms. The van der Waals surface area contributed by atoms with Crippen LogP contribution in [0, 0.1) is 0 Å². The summed E-state index contributed by atoms with van der Waals surface area (Å²) in [4.78, 5) is 29.2. The Hall–Kier alpha value is -1.92. The van der Waals surface area contributed by atoms with E-state index in [2.05, 4.69) is 28.6 Å². The zero-order chi connectivity index (χ0) is 17.4. The summed E-state index contributed by atoms with van der Waals surface area (Å²) in [5, 5.41) is 6.33. The summed E-state index contributed by atoms with van der Waals surface area (Å²) in [6.07, 6.45) is 3.22. The van der Waals surface area contributed by atoms with Gasteiger partial charge in [-0.1, -0.05) is 18.2 Å². The largest absolute Gasteiger partial charge is 0.353 e. The summed E-state index contributed by atoms with van der Waals surface area (Å²) in [6.45, 7) is 2.28. The first kappa shape index (κ1) is 16.5. The Morgan fingerprint density at radius 2 is 2.16 bits per heavy atom. The molecule has 0 spiro atoms. The Morgan fingerprint density at radius 1 is 1.32 bits per heavy atom. The first-order valence-electron chi connectivity index (χ1n) is 9.26. The van der Waals surface area contributed by atoms with Crippen LogP contribution >= 0.6 is 0 Å². The SMILES string of the molecule is CN1C(CCC(=O)N2CCc3ccccc32)CNC(=O)C2NCCC21. The van der Waals surface area contributed by atoms with Crippen molar-refractivity contribution in [2.45, 2.75) is 43.8 Å². The third kappa shape index (κ3) is 3.04. The second-order valence-electron chi connectivity index (χ2n) is 7.32. The second kappa shape index (κ2) is 6.77. The van der Waals surface area contributed by atoms with E-state index >= 15 is 0 Å². The second-order valence-corrected chi connectivity index (χ2v) is 7.32. The van der Waals surface area contributed by atoms with E-state index in [4.69, 9.17) is 0 Å². The van der Waals surface area contributed by atoms with Crippen LogP contribution in [0.5, 0.6) is 0 Å². The molecule has 3 unspecified atom stereocenters. The molecule has 3 heterocycles. The minimum Gasteiger partial charge on any atom is -0.353 e. The highest BCUT2D eigenvalue weighted by Gasteiger charge is 2.40. The number of fused-ring (bicyclic) bond motifs is 2. The molecule has 3 aliphatic rings. The zero-order valence-electron chi connectivity index (χ0n) is 14.7. The van der Waals surface area contributed by atoms with Crippen LogP contribution in [0.1, 0.15) is 24.8 Å². The molecular weight excluding hydrogens is 316 g/mol. The number of amides is 2. The summed E-state index contributed by atoms with van der Waals surface area (Å²) >= 11 is 0. The Kier molecular flexibility index (Phi) is 4.48. The van der Waals surface area contributed by atoms with E-state index in [1.54, 1.807) is 0 Å². The molecule has 1 aromatic carbocycles. The molecule has 3 atom stereocenters. The van der Waals surface area contributed by atoms with Crippen molar-refractivity contribution >= 4 is 17.5 Å². The Bertz CT molecular complexity index is 677. The van der Waals surface area contributed by atoms with Crippen molar-refractivity contribution < 1.29 is 9.59 Å². The maximum Gasteiger partial charge on any atom is 0.238 e. The standard InChI is InChI=1S/C19H26N4O2/c1-22-14(12-21-19(25)18-16(22)8-10-20-18)6-7-17(24)23-11-9-13-4-2-3-5-15(13)23/h2-5,14,16,18,20H,6-12H2,1H3,(H,21,25). The molecule has 0 aromatic heterocycles. The number of rotatable bonds is 3. The van der Waals surface area contributed by atoms with Crippen molar-refractivity contribution in [1.82, 2.24) is 15.5 Å². The van der Waals surface area contributed by atoms with Gasteiger partial charge < -0.3 is 15.5 Å². The first-order valence-corrected chi connectivity index (χ1v) is 9.26.